The summed E-state index contributed by atoms with van der Waals surface area (Å²) in [7, 11) is 1.65. The summed E-state index contributed by atoms with van der Waals surface area (Å²) in [6.45, 7) is 8.36. The number of furan rings is 1. The van der Waals surface area contributed by atoms with Crippen molar-refractivity contribution in [2.24, 2.45) is 0 Å². The average Bonchev–Trinajstić information content (AvgIpc) is 3.26. The fraction of sp³-hybridized carbons (Fsp3) is 0.207. The number of nitrogens with one attached hydrogen (secondary N) is 1. The molecule has 1 aromatic heterocycles. The number of fused-ring (bicyclic) bond motifs is 1. The largest absolute Gasteiger partial charge is 0.497 e. The Hall–Kier alpha value is -3.99. The van der Waals surface area contributed by atoms with Crippen LogP contribution in [0.15, 0.2) is 71.4 Å². The summed E-state index contributed by atoms with van der Waals surface area (Å²) in [5, 5.41) is 3.88. The Bertz CT molecular complexity index is 1360. The van der Waals surface area contributed by atoms with Crippen molar-refractivity contribution in [3.63, 3.8) is 0 Å². The van der Waals surface area contributed by atoms with E-state index in [1.807, 2.05) is 82.3 Å². The number of allylic oxidation sites excluding steroid dienone is 1. The molecular weight excluding hydrogens is 426 g/mol. The van der Waals surface area contributed by atoms with Crippen LogP contribution < -0.4 is 14.8 Å². The van der Waals surface area contributed by atoms with Crippen LogP contribution in [0.1, 0.15) is 30.5 Å². The van der Waals surface area contributed by atoms with Gasteiger partial charge in [0.25, 0.3) is 0 Å². The first-order valence-corrected chi connectivity index (χ1v) is 11.3. The summed E-state index contributed by atoms with van der Waals surface area (Å²) in [4.78, 5) is 12.7. The molecule has 0 aliphatic heterocycles. The quantitative estimate of drug-likeness (QED) is 0.300. The van der Waals surface area contributed by atoms with Crippen LogP contribution in [0.3, 0.4) is 0 Å². The van der Waals surface area contributed by atoms with Crippen molar-refractivity contribution < 1.29 is 18.7 Å². The van der Waals surface area contributed by atoms with E-state index in [1.165, 1.54) is 0 Å². The van der Waals surface area contributed by atoms with Crippen molar-refractivity contribution in [3.05, 3.63) is 83.6 Å². The summed E-state index contributed by atoms with van der Waals surface area (Å²) in [5.74, 6) is 1.30. The van der Waals surface area contributed by atoms with Gasteiger partial charge in [-0.2, -0.15) is 0 Å². The molecule has 0 saturated carbocycles. The SMILES string of the molecule is CCOc1c(/C(C)=C/C(=O)Nc2ccc(C)cc2)cc2c(-c3cccc(OC)c3)coc2c1C. The molecule has 4 aromatic rings. The van der Waals surface area contributed by atoms with Crippen molar-refractivity contribution in [1.29, 1.82) is 0 Å². The molecule has 1 N–H and O–H groups in total. The van der Waals surface area contributed by atoms with Gasteiger partial charge in [0.2, 0.25) is 5.91 Å². The number of ether oxygens (including phenoxy) is 2. The third-order valence-corrected chi connectivity index (χ3v) is 5.80. The third kappa shape index (κ3) is 4.69. The lowest BCUT2D eigenvalue weighted by molar-refractivity contribution is -0.111. The van der Waals surface area contributed by atoms with Crippen LogP contribution in [0, 0.1) is 13.8 Å². The second-order valence-electron chi connectivity index (χ2n) is 8.25. The summed E-state index contributed by atoms with van der Waals surface area (Å²) >= 11 is 0. The third-order valence-electron chi connectivity index (χ3n) is 5.80. The highest BCUT2D eigenvalue weighted by atomic mass is 16.5. The minimum absolute atomic E-state index is 0.193. The van der Waals surface area contributed by atoms with Crippen molar-refractivity contribution >= 4 is 28.1 Å². The Morgan fingerprint density at radius 3 is 2.56 bits per heavy atom. The van der Waals surface area contributed by atoms with Gasteiger partial charge in [0.05, 0.1) is 20.0 Å². The zero-order chi connectivity index (χ0) is 24.2. The number of anilines is 1. The molecule has 3 aromatic carbocycles. The topological polar surface area (TPSA) is 60.7 Å². The molecule has 0 aliphatic rings. The molecule has 174 valence electrons. The number of rotatable bonds is 7. The number of aryl methyl sites for hydroxylation is 2. The molecule has 0 unspecified atom stereocenters. The lowest BCUT2D eigenvalue weighted by Gasteiger charge is -2.15. The van der Waals surface area contributed by atoms with E-state index in [0.717, 1.165) is 61.5 Å². The molecule has 1 amide bonds. The number of carbonyl (C=O) groups is 1. The zero-order valence-corrected chi connectivity index (χ0v) is 20.2. The Morgan fingerprint density at radius 1 is 1.09 bits per heavy atom. The molecule has 34 heavy (non-hydrogen) atoms. The monoisotopic (exact) mass is 455 g/mol. The molecule has 4 rings (SSSR count). The van der Waals surface area contributed by atoms with Crippen molar-refractivity contribution in [3.8, 4) is 22.6 Å². The Kier molecular flexibility index (Phi) is 6.73. The van der Waals surface area contributed by atoms with Gasteiger partial charge >= 0.3 is 0 Å². The lowest BCUT2D eigenvalue weighted by Crippen LogP contribution is -2.09. The van der Waals surface area contributed by atoms with Crippen LogP contribution in [0.25, 0.3) is 27.7 Å². The number of carbonyl (C=O) groups excluding carboxylic acids is 1. The maximum atomic E-state index is 12.7. The maximum Gasteiger partial charge on any atom is 0.248 e. The van der Waals surface area contributed by atoms with E-state index < -0.39 is 0 Å². The standard InChI is InChI=1S/C29H29NO4/c1-6-33-28-20(4)29-25(26(17-34-29)21-8-7-9-23(15-21)32-5)16-24(28)19(3)14-27(31)30-22-12-10-18(2)11-13-22/h7-17H,6H2,1-5H3,(H,30,31)/b19-14+. The van der Waals surface area contributed by atoms with Crippen LogP contribution in [0.4, 0.5) is 5.69 Å². The van der Waals surface area contributed by atoms with Gasteiger partial charge in [-0.15, -0.1) is 0 Å². The fourth-order valence-electron chi connectivity index (χ4n) is 4.04. The Balaban J connectivity index is 1.78. The van der Waals surface area contributed by atoms with E-state index in [4.69, 9.17) is 13.9 Å². The first-order valence-electron chi connectivity index (χ1n) is 11.3. The first-order chi connectivity index (χ1) is 16.4. The van der Waals surface area contributed by atoms with Gasteiger partial charge in [0, 0.05) is 33.8 Å². The van der Waals surface area contributed by atoms with Gasteiger partial charge in [-0.1, -0.05) is 29.8 Å². The molecule has 0 bridgehead atoms. The predicted octanol–water partition coefficient (Wildman–Crippen LogP) is 7.17. The molecule has 0 atom stereocenters. The van der Waals surface area contributed by atoms with E-state index in [9.17, 15) is 4.79 Å². The summed E-state index contributed by atoms with van der Waals surface area (Å²) in [5.41, 5.74) is 7.17. The number of hydrogen-bond donors (Lipinski definition) is 1. The van der Waals surface area contributed by atoms with Crippen LogP contribution in [-0.2, 0) is 4.79 Å². The molecule has 0 spiro atoms. The molecule has 0 fully saturated rings. The highest BCUT2D eigenvalue weighted by Crippen LogP contribution is 2.41. The number of hydrogen-bond acceptors (Lipinski definition) is 4. The highest BCUT2D eigenvalue weighted by molar-refractivity contribution is 6.06. The Morgan fingerprint density at radius 2 is 1.85 bits per heavy atom. The average molecular weight is 456 g/mol. The molecule has 0 aliphatic carbocycles. The van der Waals surface area contributed by atoms with Gasteiger partial charge < -0.3 is 19.2 Å². The van der Waals surface area contributed by atoms with Crippen LogP contribution in [0.2, 0.25) is 0 Å². The molecule has 0 radical (unpaired) electrons. The van der Waals surface area contributed by atoms with E-state index in [0.29, 0.717) is 6.61 Å². The van der Waals surface area contributed by atoms with E-state index in [2.05, 4.69) is 5.32 Å². The fourth-order valence-corrected chi connectivity index (χ4v) is 4.04. The van der Waals surface area contributed by atoms with Gasteiger partial charge in [0.15, 0.2) is 0 Å². The Labute approximate surface area is 200 Å². The minimum atomic E-state index is -0.193. The lowest BCUT2D eigenvalue weighted by atomic mass is 9.96. The van der Waals surface area contributed by atoms with Crippen molar-refractivity contribution in [1.82, 2.24) is 0 Å². The zero-order valence-electron chi connectivity index (χ0n) is 20.2. The minimum Gasteiger partial charge on any atom is -0.497 e. The summed E-state index contributed by atoms with van der Waals surface area (Å²) < 4.78 is 17.4. The smallest absolute Gasteiger partial charge is 0.248 e. The predicted molar refractivity (Wildman–Crippen MR) is 138 cm³/mol. The van der Waals surface area contributed by atoms with Crippen molar-refractivity contribution in [2.45, 2.75) is 27.7 Å². The van der Waals surface area contributed by atoms with Gasteiger partial charge in [0.1, 0.15) is 17.1 Å². The second-order valence-corrected chi connectivity index (χ2v) is 8.25. The normalized spacial score (nSPS) is 11.5. The highest BCUT2D eigenvalue weighted by Gasteiger charge is 2.19. The van der Waals surface area contributed by atoms with Gasteiger partial charge in [-0.05, 0) is 69.2 Å². The van der Waals surface area contributed by atoms with Crippen LogP contribution in [0.5, 0.6) is 11.5 Å². The number of methoxy groups -OCH3 is 1. The van der Waals surface area contributed by atoms with E-state index >= 15 is 0 Å². The van der Waals surface area contributed by atoms with Crippen LogP contribution in [-0.4, -0.2) is 19.6 Å². The van der Waals surface area contributed by atoms with E-state index in [-0.39, 0.29) is 5.91 Å². The molecule has 0 saturated heterocycles. The molecule has 5 nitrogen and oxygen atoms in total. The first kappa shape index (κ1) is 23.2. The molecule has 5 heteroatoms. The van der Waals surface area contributed by atoms with Gasteiger partial charge in [-0.25, -0.2) is 0 Å². The van der Waals surface area contributed by atoms with Crippen molar-refractivity contribution in [2.75, 3.05) is 19.0 Å². The molecular formula is C29H29NO4. The van der Waals surface area contributed by atoms with Gasteiger partial charge in [-0.3, -0.25) is 4.79 Å². The number of benzene rings is 3. The number of amides is 1. The molecule has 1 heterocycles. The summed E-state index contributed by atoms with van der Waals surface area (Å²) in [6, 6.07) is 17.6. The van der Waals surface area contributed by atoms with E-state index in [1.54, 1.807) is 19.4 Å². The summed E-state index contributed by atoms with van der Waals surface area (Å²) in [6.07, 6.45) is 3.36. The maximum absolute atomic E-state index is 12.7. The van der Waals surface area contributed by atoms with Crippen LogP contribution >= 0.6 is 0 Å². The second kappa shape index (κ2) is 9.87.